The highest BCUT2D eigenvalue weighted by Crippen LogP contribution is 2.31. The number of thiazole rings is 1. The third-order valence-corrected chi connectivity index (χ3v) is 7.08. The van der Waals surface area contributed by atoms with Crippen LogP contribution in [0.25, 0.3) is 10.2 Å². The number of nitrogens with one attached hydrogen (secondary N) is 1. The first-order valence-electron chi connectivity index (χ1n) is 12.2. The topological polar surface area (TPSA) is 72.9 Å². The molecule has 7 nitrogen and oxygen atoms in total. The molecule has 8 heteroatoms. The fraction of sp³-hybridized carbons (Fsp3) is 0.286. The van der Waals surface area contributed by atoms with Gasteiger partial charge in [0.05, 0.1) is 16.8 Å². The molecule has 3 aromatic carbocycles. The van der Waals surface area contributed by atoms with Crippen molar-refractivity contribution in [1.29, 1.82) is 0 Å². The van der Waals surface area contributed by atoms with E-state index in [1.54, 1.807) is 11.3 Å². The molecule has 1 aliphatic rings. The minimum atomic E-state index is -0.530. The first-order chi connectivity index (χ1) is 17.7. The van der Waals surface area contributed by atoms with Gasteiger partial charge in [-0.1, -0.05) is 65.9 Å². The van der Waals surface area contributed by atoms with Gasteiger partial charge in [-0.15, -0.1) is 0 Å². The molecule has 1 aliphatic heterocycles. The second-order valence-corrected chi connectivity index (χ2v) is 9.76. The van der Waals surface area contributed by atoms with E-state index in [9.17, 15) is 4.79 Å². The maximum Gasteiger partial charge on any atom is 0.431 e. The number of rotatable bonds is 9. The van der Waals surface area contributed by atoms with Crippen LogP contribution in [0.1, 0.15) is 24.0 Å². The van der Waals surface area contributed by atoms with E-state index in [2.05, 4.69) is 27.5 Å². The molecule has 2 heterocycles. The van der Waals surface area contributed by atoms with Gasteiger partial charge in [-0.05, 0) is 54.7 Å². The summed E-state index contributed by atoms with van der Waals surface area (Å²) in [4.78, 5) is 24.2. The second-order valence-electron chi connectivity index (χ2n) is 8.77. The van der Waals surface area contributed by atoms with Gasteiger partial charge in [0, 0.05) is 19.6 Å². The summed E-state index contributed by atoms with van der Waals surface area (Å²) in [5.41, 5.74) is 5.58. The molecule has 0 saturated carbocycles. The summed E-state index contributed by atoms with van der Waals surface area (Å²) < 4.78 is 12.6. The minimum absolute atomic E-state index is 0.0829. The Kier molecular flexibility index (Phi) is 8.07. The largest absolute Gasteiger partial charge is 0.445 e. The van der Waals surface area contributed by atoms with E-state index in [1.165, 1.54) is 5.56 Å². The Bertz CT molecular complexity index is 1220. The van der Waals surface area contributed by atoms with Crippen LogP contribution in [0.3, 0.4) is 0 Å². The highest BCUT2D eigenvalue weighted by molar-refractivity contribution is 7.20. The monoisotopic (exact) mass is 503 g/mol. The third kappa shape index (κ3) is 6.81. The number of nitrogens with zero attached hydrogens (tertiary/aromatic N) is 2. The van der Waals surface area contributed by atoms with Crippen LogP contribution >= 0.6 is 11.3 Å². The molecule has 0 atom stereocenters. The Morgan fingerprint density at radius 2 is 1.69 bits per heavy atom. The molecular weight excluding hydrogens is 474 g/mol. The molecule has 0 spiro atoms. The van der Waals surface area contributed by atoms with Crippen molar-refractivity contribution in [3.8, 4) is 10.9 Å². The molecule has 1 N–H and O–H groups in total. The molecule has 0 bridgehead atoms. The van der Waals surface area contributed by atoms with Gasteiger partial charge in [-0.3, -0.25) is 4.84 Å². The lowest BCUT2D eigenvalue weighted by Gasteiger charge is -2.31. The zero-order valence-corrected chi connectivity index (χ0v) is 20.8. The average Bonchev–Trinajstić information content (AvgIpc) is 3.32. The molecule has 1 saturated heterocycles. The second kappa shape index (κ2) is 12.0. The van der Waals surface area contributed by atoms with E-state index in [-0.39, 0.29) is 6.10 Å². The molecule has 0 radical (unpaired) electrons. The lowest BCUT2D eigenvalue weighted by Crippen LogP contribution is -2.40. The summed E-state index contributed by atoms with van der Waals surface area (Å²) in [6.45, 7) is 3.09. The van der Waals surface area contributed by atoms with Crippen LogP contribution in [0.5, 0.6) is 10.9 Å². The predicted molar refractivity (Wildman–Crippen MR) is 140 cm³/mol. The first kappa shape index (κ1) is 24.2. The van der Waals surface area contributed by atoms with Gasteiger partial charge in [-0.2, -0.15) is 5.48 Å². The number of piperidine rings is 1. The predicted octanol–water partition coefficient (Wildman–Crippen LogP) is 5.95. The van der Waals surface area contributed by atoms with Crippen LogP contribution in [-0.2, 0) is 22.6 Å². The molecule has 0 unspecified atom stereocenters. The summed E-state index contributed by atoms with van der Waals surface area (Å²) >= 11 is 1.55. The Labute approximate surface area is 214 Å². The van der Waals surface area contributed by atoms with Gasteiger partial charge in [-0.25, -0.2) is 9.78 Å². The van der Waals surface area contributed by atoms with Crippen molar-refractivity contribution in [2.45, 2.75) is 32.0 Å². The van der Waals surface area contributed by atoms with Crippen LogP contribution in [0, 0.1) is 0 Å². The van der Waals surface area contributed by atoms with Gasteiger partial charge in [0.2, 0.25) is 0 Å². The van der Waals surface area contributed by atoms with Crippen molar-refractivity contribution in [2.24, 2.45) is 0 Å². The van der Waals surface area contributed by atoms with Crippen LogP contribution in [0.15, 0.2) is 78.9 Å². The van der Waals surface area contributed by atoms with Gasteiger partial charge in [0.15, 0.2) is 0 Å². The highest BCUT2D eigenvalue weighted by atomic mass is 32.1. The first-order valence-corrected chi connectivity index (χ1v) is 13.0. The summed E-state index contributed by atoms with van der Waals surface area (Å²) in [5.74, 6) is 0.793. The maximum absolute atomic E-state index is 12.0. The van der Waals surface area contributed by atoms with E-state index in [0.29, 0.717) is 11.8 Å². The van der Waals surface area contributed by atoms with Crippen molar-refractivity contribution in [2.75, 3.05) is 19.6 Å². The number of hydrogen-bond acceptors (Lipinski definition) is 7. The molecule has 5 rings (SSSR count). The average molecular weight is 504 g/mol. The zero-order valence-electron chi connectivity index (χ0n) is 20.0. The van der Waals surface area contributed by atoms with Gasteiger partial charge < -0.3 is 14.4 Å². The lowest BCUT2D eigenvalue weighted by molar-refractivity contribution is -0.00843. The van der Waals surface area contributed by atoms with Crippen molar-refractivity contribution in [3.63, 3.8) is 0 Å². The van der Waals surface area contributed by atoms with Crippen molar-refractivity contribution in [3.05, 3.63) is 90.0 Å². The van der Waals surface area contributed by atoms with Crippen LogP contribution in [0.4, 0.5) is 4.79 Å². The number of hydrogen-bond donors (Lipinski definition) is 1. The summed E-state index contributed by atoms with van der Waals surface area (Å²) in [6, 6.07) is 25.9. The summed E-state index contributed by atoms with van der Waals surface area (Å²) in [6.07, 6.45) is 1.99. The summed E-state index contributed by atoms with van der Waals surface area (Å²) in [7, 11) is 0. The number of carbonyl (C=O) groups is 1. The quantitative estimate of drug-likeness (QED) is 0.285. The van der Waals surface area contributed by atoms with Crippen LogP contribution in [-0.4, -0.2) is 41.7 Å². The zero-order chi connectivity index (χ0) is 24.6. The Balaban J connectivity index is 0.992. The van der Waals surface area contributed by atoms with Crippen LogP contribution < -0.4 is 10.2 Å². The minimum Gasteiger partial charge on any atom is -0.445 e. The van der Waals surface area contributed by atoms with Crippen molar-refractivity contribution in [1.82, 2.24) is 15.4 Å². The van der Waals surface area contributed by atoms with Gasteiger partial charge >= 0.3 is 6.09 Å². The van der Waals surface area contributed by atoms with Gasteiger partial charge in [0.1, 0.15) is 11.9 Å². The molecule has 4 aromatic rings. The van der Waals surface area contributed by atoms with Gasteiger partial charge in [0.25, 0.3) is 5.19 Å². The Morgan fingerprint density at radius 1 is 0.944 bits per heavy atom. The number of para-hydroxylation sites is 1. The lowest BCUT2D eigenvalue weighted by atomic mass is 10.1. The fourth-order valence-electron chi connectivity index (χ4n) is 4.19. The standard InChI is InChI=1S/C28H29N3O4S/c32-27(30-33-20-22-6-2-1-3-7-22)34-24-15-18-31(19-16-24)17-14-21-10-12-23(13-11-21)35-28-29-25-8-4-5-9-26(25)36-28/h1-13,24H,14-20H2,(H,30,32). The van der Waals surface area contributed by atoms with E-state index >= 15 is 0 Å². The number of carbonyl (C=O) groups excluding carboxylic acids is 1. The smallest absolute Gasteiger partial charge is 0.431 e. The third-order valence-electron chi connectivity index (χ3n) is 6.16. The molecule has 36 heavy (non-hydrogen) atoms. The SMILES string of the molecule is O=C(NOCc1ccccc1)OC1CCN(CCc2ccc(Oc3nc4ccccc4s3)cc2)CC1. The maximum atomic E-state index is 12.0. The molecule has 1 amide bonds. The van der Waals surface area contributed by atoms with E-state index in [1.807, 2.05) is 66.7 Å². The molecule has 1 fully saturated rings. The number of benzene rings is 3. The number of hydroxylamine groups is 1. The van der Waals surface area contributed by atoms with Crippen molar-refractivity contribution < 1.29 is 19.1 Å². The van der Waals surface area contributed by atoms with E-state index < -0.39 is 6.09 Å². The number of ether oxygens (including phenoxy) is 2. The van der Waals surface area contributed by atoms with Crippen molar-refractivity contribution >= 4 is 27.6 Å². The normalized spacial score (nSPS) is 14.6. The number of likely N-dealkylation sites (tertiary alicyclic amines) is 1. The fourth-order valence-corrected chi connectivity index (χ4v) is 5.02. The summed E-state index contributed by atoms with van der Waals surface area (Å²) in [5, 5.41) is 0.658. The number of amides is 1. The molecule has 186 valence electrons. The molecule has 1 aromatic heterocycles. The number of aromatic nitrogens is 1. The van der Waals surface area contributed by atoms with E-state index in [0.717, 1.165) is 60.4 Å². The Morgan fingerprint density at radius 3 is 2.47 bits per heavy atom. The van der Waals surface area contributed by atoms with E-state index in [4.69, 9.17) is 14.3 Å². The number of fused-ring (bicyclic) bond motifs is 1. The Hall–Kier alpha value is -3.46. The highest BCUT2D eigenvalue weighted by Gasteiger charge is 2.22. The van der Waals surface area contributed by atoms with Crippen LogP contribution in [0.2, 0.25) is 0 Å². The molecular formula is C28H29N3O4S. The molecule has 0 aliphatic carbocycles.